The lowest BCUT2D eigenvalue weighted by Gasteiger charge is -2.20. The lowest BCUT2D eigenvalue weighted by atomic mass is 10.1. The quantitative estimate of drug-likeness (QED) is 0.845. The maximum Gasteiger partial charge on any atom is 0.228 e. The van der Waals surface area contributed by atoms with Crippen LogP contribution >= 0.6 is 0 Å². The van der Waals surface area contributed by atoms with Gasteiger partial charge in [0.05, 0.1) is 5.75 Å². The Labute approximate surface area is 131 Å². The second-order valence-electron chi connectivity index (χ2n) is 6.18. The van der Waals surface area contributed by atoms with Gasteiger partial charge in [0, 0.05) is 43.7 Å². The normalized spacial score (nSPS) is 17.9. The number of sulfone groups is 1. The molecule has 1 saturated heterocycles. The lowest BCUT2D eigenvalue weighted by molar-refractivity contribution is -0.118. The summed E-state index contributed by atoms with van der Waals surface area (Å²) in [5, 5.41) is 0. The first-order chi connectivity index (χ1) is 10.4. The van der Waals surface area contributed by atoms with Crippen LogP contribution < -0.4 is 9.80 Å². The highest BCUT2D eigenvalue weighted by Gasteiger charge is 2.26. The minimum Gasteiger partial charge on any atom is -0.372 e. The molecule has 3 rings (SSSR count). The highest BCUT2D eigenvalue weighted by Crippen LogP contribution is 2.33. The summed E-state index contributed by atoms with van der Waals surface area (Å²) in [5.41, 5.74) is 3.38. The number of nitrogens with zero attached hydrogens (tertiary/aromatic N) is 2. The van der Waals surface area contributed by atoms with Gasteiger partial charge >= 0.3 is 0 Å². The summed E-state index contributed by atoms with van der Waals surface area (Å²) < 4.78 is 22.4. The fraction of sp³-hybridized carbons (Fsp3) is 0.562. The van der Waals surface area contributed by atoms with E-state index in [2.05, 4.69) is 17.0 Å². The maximum absolute atomic E-state index is 12.2. The molecule has 0 unspecified atom stereocenters. The van der Waals surface area contributed by atoms with Crippen LogP contribution in [0.3, 0.4) is 0 Å². The standard InChI is InChI=1S/C16H22N2O3S/c1-22(20,21)11-7-16(19)18-10-6-13-12-14(4-5-15(13)18)17-8-2-3-9-17/h4-5,12H,2-3,6-11H2,1H3. The van der Waals surface area contributed by atoms with E-state index in [1.807, 2.05) is 6.07 Å². The number of amides is 1. The van der Waals surface area contributed by atoms with E-state index in [9.17, 15) is 13.2 Å². The summed E-state index contributed by atoms with van der Waals surface area (Å²) in [6.07, 6.45) is 4.56. The zero-order valence-corrected chi connectivity index (χ0v) is 13.7. The van der Waals surface area contributed by atoms with Crippen molar-refractivity contribution >= 4 is 27.1 Å². The summed E-state index contributed by atoms with van der Waals surface area (Å²) >= 11 is 0. The molecule has 0 aromatic heterocycles. The monoisotopic (exact) mass is 322 g/mol. The van der Waals surface area contributed by atoms with Crippen LogP contribution in [0, 0.1) is 0 Å². The van der Waals surface area contributed by atoms with Crippen LogP contribution in [0.2, 0.25) is 0 Å². The number of hydrogen-bond acceptors (Lipinski definition) is 4. The highest BCUT2D eigenvalue weighted by atomic mass is 32.2. The largest absolute Gasteiger partial charge is 0.372 e. The second kappa shape index (κ2) is 5.91. The van der Waals surface area contributed by atoms with Crippen molar-refractivity contribution in [2.24, 2.45) is 0 Å². The number of carbonyl (C=O) groups excluding carboxylic acids is 1. The molecule has 2 aliphatic heterocycles. The van der Waals surface area contributed by atoms with E-state index in [1.54, 1.807) is 4.90 Å². The van der Waals surface area contributed by atoms with Crippen molar-refractivity contribution in [3.8, 4) is 0 Å². The Hall–Kier alpha value is -1.56. The van der Waals surface area contributed by atoms with E-state index in [-0.39, 0.29) is 18.1 Å². The molecule has 120 valence electrons. The van der Waals surface area contributed by atoms with Gasteiger partial charge in [0.15, 0.2) is 0 Å². The van der Waals surface area contributed by atoms with Gasteiger partial charge in [0.1, 0.15) is 9.84 Å². The summed E-state index contributed by atoms with van der Waals surface area (Å²) in [6, 6.07) is 6.27. The van der Waals surface area contributed by atoms with Crippen LogP contribution in [0.5, 0.6) is 0 Å². The Morgan fingerprint density at radius 2 is 1.91 bits per heavy atom. The molecular weight excluding hydrogens is 300 g/mol. The van der Waals surface area contributed by atoms with Crippen LogP contribution in [-0.2, 0) is 21.1 Å². The molecule has 1 aromatic rings. The molecule has 0 radical (unpaired) electrons. The van der Waals surface area contributed by atoms with Gasteiger partial charge in [-0.05, 0) is 43.0 Å². The van der Waals surface area contributed by atoms with Gasteiger partial charge in [-0.1, -0.05) is 0 Å². The molecule has 0 bridgehead atoms. The molecule has 0 atom stereocenters. The Morgan fingerprint density at radius 3 is 2.59 bits per heavy atom. The van der Waals surface area contributed by atoms with Gasteiger partial charge in [-0.3, -0.25) is 4.79 Å². The molecule has 5 nitrogen and oxygen atoms in total. The van der Waals surface area contributed by atoms with Crippen molar-refractivity contribution in [1.82, 2.24) is 0 Å². The molecule has 22 heavy (non-hydrogen) atoms. The third kappa shape index (κ3) is 3.27. The van der Waals surface area contributed by atoms with Crippen molar-refractivity contribution < 1.29 is 13.2 Å². The molecule has 0 spiro atoms. The Morgan fingerprint density at radius 1 is 1.18 bits per heavy atom. The van der Waals surface area contributed by atoms with Crippen LogP contribution in [0.1, 0.15) is 24.8 Å². The molecular formula is C16H22N2O3S. The number of carbonyl (C=O) groups is 1. The predicted molar refractivity (Wildman–Crippen MR) is 88.3 cm³/mol. The summed E-state index contributed by atoms with van der Waals surface area (Å²) in [5.74, 6) is -0.179. The van der Waals surface area contributed by atoms with E-state index in [4.69, 9.17) is 0 Å². The summed E-state index contributed by atoms with van der Waals surface area (Å²) in [4.78, 5) is 16.4. The van der Waals surface area contributed by atoms with Gasteiger partial charge in [-0.25, -0.2) is 8.42 Å². The molecule has 6 heteroatoms. The smallest absolute Gasteiger partial charge is 0.228 e. The molecule has 0 N–H and O–H groups in total. The van der Waals surface area contributed by atoms with Crippen LogP contribution in [0.4, 0.5) is 11.4 Å². The van der Waals surface area contributed by atoms with E-state index in [1.165, 1.54) is 30.3 Å². The summed E-state index contributed by atoms with van der Waals surface area (Å²) in [6.45, 7) is 2.87. The molecule has 1 aromatic carbocycles. The van der Waals surface area contributed by atoms with Crippen molar-refractivity contribution in [2.75, 3.05) is 41.4 Å². The third-order valence-electron chi connectivity index (χ3n) is 4.42. The molecule has 0 saturated carbocycles. The first kappa shape index (κ1) is 15.3. The van der Waals surface area contributed by atoms with Gasteiger partial charge in [0.2, 0.25) is 5.91 Å². The average molecular weight is 322 g/mol. The first-order valence-electron chi connectivity index (χ1n) is 7.80. The number of fused-ring (bicyclic) bond motifs is 1. The highest BCUT2D eigenvalue weighted by molar-refractivity contribution is 7.90. The van der Waals surface area contributed by atoms with E-state index in [0.717, 1.165) is 25.2 Å². The zero-order chi connectivity index (χ0) is 15.7. The molecule has 0 aliphatic carbocycles. The maximum atomic E-state index is 12.2. The minimum atomic E-state index is -3.10. The molecule has 1 fully saturated rings. The number of hydrogen-bond donors (Lipinski definition) is 0. The average Bonchev–Trinajstić information content (AvgIpc) is 3.12. The molecule has 2 heterocycles. The Balaban J connectivity index is 1.73. The van der Waals surface area contributed by atoms with Crippen LogP contribution in [-0.4, -0.2) is 46.0 Å². The van der Waals surface area contributed by atoms with Crippen molar-refractivity contribution in [3.63, 3.8) is 0 Å². The van der Waals surface area contributed by atoms with Crippen LogP contribution in [0.25, 0.3) is 0 Å². The Kier molecular flexibility index (Phi) is 4.12. The third-order valence-corrected chi connectivity index (χ3v) is 5.36. The number of anilines is 2. The summed E-state index contributed by atoms with van der Waals surface area (Å²) in [7, 11) is -3.10. The van der Waals surface area contributed by atoms with Gasteiger partial charge < -0.3 is 9.80 Å². The minimum absolute atomic E-state index is 0.0617. The fourth-order valence-corrected chi connectivity index (χ4v) is 3.77. The topological polar surface area (TPSA) is 57.7 Å². The predicted octanol–water partition coefficient (Wildman–Crippen LogP) is 1.61. The first-order valence-corrected chi connectivity index (χ1v) is 9.86. The number of benzene rings is 1. The second-order valence-corrected chi connectivity index (χ2v) is 8.44. The van der Waals surface area contributed by atoms with Crippen molar-refractivity contribution in [3.05, 3.63) is 23.8 Å². The number of rotatable bonds is 4. The van der Waals surface area contributed by atoms with E-state index in [0.29, 0.717) is 6.54 Å². The Bertz CT molecular complexity index is 679. The van der Waals surface area contributed by atoms with Gasteiger partial charge in [-0.2, -0.15) is 0 Å². The van der Waals surface area contributed by atoms with Gasteiger partial charge in [0.25, 0.3) is 0 Å². The van der Waals surface area contributed by atoms with Crippen LogP contribution in [0.15, 0.2) is 18.2 Å². The van der Waals surface area contributed by atoms with E-state index >= 15 is 0 Å². The zero-order valence-electron chi connectivity index (χ0n) is 12.9. The van der Waals surface area contributed by atoms with Gasteiger partial charge in [-0.15, -0.1) is 0 Å². The molecule has 2 aliphatic rings. The van der Waals surface area contributed by atoms with Crippen molar-refractivity contribution in [2.45, 2.75) is 25.7 Å². The fourth-order valence-electron chi connectivity index (χ4n) is 3.23. The lowest BCUT2D eigenvalue weighted by Crippen LogP contribution is -2.30. The van der Waals surface area contributed by atoms with Crippen molar-refractivity contribution in [1.29, 1.82) is 0 Å². The SMILES string of the molecule is CS(=O)(=O)CCC(=O)N1CCc2cc(N3CCCC3)ccc21. The van der Waals surface area contributed by atoms with E-state index < -0.39 is 9.84 Å². The molecule has 1 amide bonds.